The smallest absolute Gasteiger partial charge is 0.274 e. The first kappa shape index (κ1) is 17.5. The van der Waals surface area contributed by atoms with Crippen molar-refractivity contribution in [1.29, 1.82) is 0 Å². The normalized spacial score (nSPS) is 24.4. The van der Waals surface area contributed by atoms with Gasteiger partial charge in [0.15, 0.2) is 0 Å². The molecule has 1 aliphatic heterocycles. The van der Waals surface area contributed by atoms with Gasteiger partial charge in [-0.25, -0.2) is 0 Å². The molecule has 1 aromatic heterocycles. The zero-order valence-corrected chi connectivity index (χ0v) is 16.1. The van der Waals surface area contributed by atoms with E-state index in [0.29, 0.717) is 24.7 Å². The van der Waals surface area contributed by atoms with Gasteiger partial charge < -0.3 is 10.2 Å². The van der Waals surface area contributed by atoms with E-state index in [1.54, 1.807) is 0 Å². The minimum Gasteiger partial charge on any atom is -0.351 e. The van der Waals surface area contributed by atoms with Gasteiger partial charge >= 0.3 is 0 Å². The molecule has 2 saturated carbocycles. The van der Waals surface area contributed by atoms with Crippen molar-refractivity contribution in [1.82, 2.24) is 20.4 Å². The van der Waals surface area contributed by atoms with E-state index in [2.05, 4.69) is 46.7 Å². The summed E-state index contributed by atoms with van der Waals surface area (Å²) in [5, 5.41) is 10.5. The van der Waals surface area contributed by atoms with Crippen LogP contribution >= 0.6 is 0 Å². The Hall–Kier alpha value is -2.63. The van der Waals surface area contributed by atoms with Crippen molar-refractivity contribution < 1.29 is 9.59 Å². The van der Waals surface area contributed by atoms with Crippen LogP contribution in [0.4, 0.5) is 0 Å². The van der Waals surface area contributed by atoms with E-state index in [0.717, 1.165) is 18.5 Å². The summed E-state index contributed by atoms with van der Waals surface area (Å²) in [7, 11) is 0. The lowest BCUT2D eigenvalue weighted by Gasteiger charge is -2.20. The first-order chi connectivity index (χ1) is 13.6. The van der Waals surface area contributed by atoms with E-state index in [-0.39, 0.29) is 29.7 Å². The third kappa shape index (κ3) is 3.43. The number of amides is 2. The van der Waals surface area contributed by atoms with Crippen molar-refractivity contribution >= 4 is 11.8 Å². The molecule has 1 aromatic carbocycles. The molecule has 5 rings (SSSR count). The maximum atomic E-state index is 13.0. The van der Waals surface area contributed by atoms with Crippen LogP contribution in [0.1, 0.15) is 64.8 Å². The Balaban J connectivity index is 1.35. The number of aromatic amines is 1. The Bertz CT molecular complexity index is 896. The van der Waals surface area contributed by atoms with Gasteiger partial charge in [0.2, 0.25) is 5.91 Å². The summed E-state index contributed by atoms with van der Waals surface area (Å²) >= 11 is 0. The van der Waals surface area contributed by atoms with Gasteiger partial charge in [0.1, 0.15) is 5.69 Å². The van der Waals surface area contributed by atoms with Gasteiger partial charge in [0.05, 0.1) is 6.04 Å². The molecular formula is C22H26N4O2. The van der Waals surface area contributed by atoms with Crippen LogP contribution in [0.25, 0.3) is 0 Å². The van der Waals surface area contributed by atoms with Crippen LogP contribution < -0.4 is 5.32 Å². The number of hydrogen-bond acceptors (Lipinski definition) is 3. The number of aryl methyl sites for hydroxylation is 1. The summed E-state index contributed by atoms with van der Waals surface area (Å²) in [5.74, 6) is 0.888. The lowest BCUT2D eigenvalue weighted by molar-refractivity contribution is -0.123. The molecule has 2 amide bonds. The minimum absolute atomic E-state index is 0.0524. The fourth-order valence-corrected chi connectivity index (χ4v) is 4.13. The number of nitrogens with one attached hydrogen (secondary N) is 2. The van der Waals surface area contributed by atoms with Crippen LogP contribution in [0.5, 0.6) is 0 Å². The summed E-state index contributed by atoms with van der Waals surface area (Å²) in [6.45, 7) is 3.19. The van der Waals surface area contributed by atoms with E-state index < -0.39 is 0 Å². The molecule has 2 aromatic rings. The number of carbonyl (C=O) groups is 2. The molecule has 2 aliphatic carbocycles. The molecule has 0 bridgehead atoms. The molecule has 2 N–H and O–H groups in total. The van der Waals surface area contributed by atoms with Gasteiger partial charge in [0.25, 0.3) is 5.91 Å². The predicted molar refractivity (Wildman–Crippen MR) is 105 cm³/mol. The maximum Gasteiger partial charge on any atom is 0.274 e. The summed E-state index contributed by atoms with van der Waals surface area (Å²) < 4.78 is 0. The first-order valence-electron chi connectivity index (χ1n) is 10.3. The Morgan fingerprint density at radius 1 is 1.11 bits per heavy atom. The van der Waals surface area contributed by atoms with Crippen molar-refractivity contribution in [3.8, 4) is 0 Å². The quantitative estimate of drug-likeness (QED) is 0.840. The number of likely N-dealkylation sites (tertiary alicyclic amines) is 1. The highest BCUT2D eigenvalue weighted by Gasteiger charge is 2.40. The second-order valence-electron chi connectivity index (χ2n) is 8.60. The van der Waals surface area contributed by atoms with Crippen molar-refractivity contribution in [2.24, 2.45) is 5.92 Å². The number of benzene rings is 1. The number of aromatic nitrogens is 2. The highest BCUT2D eigenvalue weighted by molar-refractivity contribution is 5.93. The summed E-state index contributed by atoms with van der Waals surface area (Å²) in [4.78, 5) is 27.3. The summed E-state index contributed by atoms with van der Waals surface area (Å²) in [6.07, 6.45) is 4.30. The van der Waals surface area contributed by atoms with E-state index >= 15 is 0 Å². The second kappa shape index (κ2) is 6.76. The molecule has 0 radical (unpaired) electrons. The highest BCUT2D eigenvalue weighted by Crippen LogP contribution is 2.39. The van der Waals surface area contributed by atoms with Gasteiger partial charge in [-0.15, -0.1) is 0 Å². The molecule has 146 valence electrons. The molecule has 2 heterocycles. The number of carbonyl (C=O) groups excluding carboxylic acids is 2. The lowest BCUT2D eigenvalue weighted by Crippen LogP contribution is -2.41. The average molecular weight is 378 g/mol. The highest BCUT2D eigenvalue weighted by atomic mass is 16.2. The number of nitrogens with zero attached hydrogens (tertiary/aromatic N) is 2. The fraction of sp³-hybridized carbons (Fsp3) is 0.500. The van der Waals surface area contributed by atoms with Crippen LogP contribution in [0.15, 0.2) is 30.3 Å². The van der Waals surface area contributed by atoms with Crippen molar-refractivity contribution in [2.75, 3.05) is 13.1 Å². The van der Waals surface area contributed by atoms with E-state index in [4.69, 9.17) is 0 Å². The van der Waals surface area contributed by atoms with E-state index in [1.165, 1.54) is 24.0 Å². The van der Waals surface area contributed by atoms with Gasteiger partial charge in [-0.1, -0.05) is 29.8 Å². The third-order valence-electron chi connectivity index (χ3n) is 6.22. The molecule has 3 fully saturated rings. The molecule has 0 spiro atoms. The Kier molecular flexibility index (Phi) is 4.22. The second-order valence-corrected chi connectivity index (χ2v) is 8.60. The third-order valence-corrected chi connectivity index (χ3v) is 6.22. The molecule has 6 heteroatoms. The number of H-pyrrole nitrogens is 1. The Morgan fingerprint density at radius 2 is 1.86 bits per heavy atom. The van der Waals surface area contributed by atoms with Crippen LogP contribution in [0, 0.1) is 12.8 Å². The van der Waals surface area contributed by atoms with Gasteiger partial charge in [0, 0.05) is 36.5 Å². The summed E-state index contributed by atoms with van der Waals surface area (Å²) in [6, 6.07) is 10.3. The largest absolute Gasteiger partial charge is 0.351 e. The number of rotatable bonds is 5. The van der Waals surface area contributed by atoms with Gasteiger partial charge in [-0.3, -0.25) is 14.7 Å². The molecule has 3 aliphatic rings. The van der Waals surface area contributed by atoms with Crippen LogP contribution in [-0.4, -0.2) is 46.0 Å². The zero-order chi connectivity index (χ0) is 19.3. The fourth-order valence-electron chi connectivity index (χ4n) is 4.13. The molecule has 6 nitrogen and oxygen atoms in total. The zero-order valence-electron chi connectivity index (χ0n) is 16.1. The van der Waals surface area contributed by atoms with Gasteiger partial charge in [-0.2, -0.15) is 5.10 Å². The molecule has 1 saturated heterocycles. The van der Waals surface area contributed by atoms with Crippen molar-refractivity contribution in [2.45, 2.75) is 50.5 Å². The Morgan fingerprint density at radius 3 is 2.54 bits per heavy atom. The van der Waals surface area contributed by atoms with E-state index in [9.17, 15) is 9.59 Å². The monoisotopic (exact) mass is 378 g/mol. The first-order valence-corrected chi connectivity index (χ1v) is 10.3. The lowest BCUT2D eigenvalue weighted by atomic mass is 9.93. The average Bonchev–Trinajstić information content (AvgIpc) is 3.63. The maximum absolute atomic E-state index is 13.0. The van der Waals surface area contributed by atoms with Crippen LogP contribution in [0.3, 0.4) is 0 Å². The SMILES string of the molecule is Cc1ccc([C@@H]2CN(C(=O)c3cc(C4CC4)[nH]n3)C[C@H]2NC(=O)C2CC2)cc1. The van der Waals surface area contributed by atoms with Crippen LogP contribution in [-0.2, 0) is 4.79 Å². The summed E-state index contributed by atoms with van der Waals surface area (Å²) in [5.41, 5.74) is 3.93. The standard InChI is InChI=1S/C22H26N4O2/c1-13-2-4-14(5-3-13)17-11-26(12-20(17)23-21(27)16-8-9-16)22(28)19-10-18(24-25-19)15-6-7-15/h2-5,10,15-17,20H,6-9,11-12H2,1H3,(H,23,27)(H,24,25)/t17-,20+/m0/s1. The van der Waals surface area contributed by atoms with E-state index in [1.807, 2.05) is 11.0 Å². The minimum atomic E-state index is -0.0541. The van der Waals surface area contributed by atoms with Gasteiger partial charge in [-0.05, 0) is 44.2 Å². The molecular weight excluding hydrogens is 352 g/mol. The van der Waals surface area contributed by atoms with Crippen molar-refractivity contribution in [3.05, 3.63) is 52.8 Å². The van der Waals surface area contributed by atoms with Crippen LogP contribution in [0.2, 0.25) is 0 Å². The predicted octanol–water partition coefficient (Wildman–Crippen LogP) is 2.73. The number of hydrogen-bond donors (Lipinski definition) is 2. The van der Waals surface area contributed by atoms with Crippen molar-refractivity contribution in [3.63, 3.8) is 0 Å². The molecule has 0 unspecified atom stereocenters. The molecule has 28 heavy (non-hydrogen) atoms. The topological polar surface area (TPSA) is 78.1 Å². The molecule has 2 atom stereocenters. The Labute approximate surface area is 164 Å².